The van der Waals surface area contributed by atoms with Crippen LogP contribution >= 0.6 is 0 Å². The monoisotopic (exact) mass is 313 g/mol. The second-order valence-electron chi connectivity index (χ2n) is 7.14. The summed E-state index contributed by atoms with van der Waals surface area (Å²) in [6, 6.07) is 3.07. The Morgan fingerprint density at radius 2 is 1.59 bits per heavy atom. The third-order valence-electron chi connectivity index (χ3n) is 5.09. The second kappa shape index (κ2) is 4.48. The molecule has 22 heavy (non-hydrogen) atoms. The number of aromatic nitrogens is 1. The van der Waals surface area contributed by atoms with Crippen LogP contribution in [0.2, 0.25) is 0 Å². The molecular weight excluding hydrogens is 294 g/mol. The molecule has 0 atom stereocenters. The zero-order valence-corrected chi connectivity index (χ0v) is 13.1. The molecule has 120 valence electrons. The summed E-state index contributed by atoms with van der Waals surface area (Å²) in [7, 11) is -0.604. The number of alkyl halides is 3. The van der Waals surface area contributed by atoms with Crippen molar-refractivity contribution in [2.75, 3.05) is 0 Å². The fourth-order valence-corrected chi connectivity index (χ4v) is 2.62. The molecule has 1 saturated heterocycles. The van der Waals surface area contributed by atoms with E-state index in [0.29, 0.717) is 5.46 Å². The molecule has 0 amide bonds. The standard InChI is InChI=1S/C15H19BF3NO2/c1-12(2)13(3,4)22-16(21-12)10-5-6-11(20-9-10)14(7-8-14)15(17,18)19/h5-6,9H,7-8H2,1-4H3. The Kier molecular flexibility index (Phi) is 3.22. The molecule has 0 unspecified atom stereocenters. The van der Waals surface area contributed by atoms with Gasteiger partial charge in [0.15, 0.2) is 0 Å². The van der Waals surface area contributed by atoms with Gasteiger partial charge in [-0.05, 0) is 46.6 Å². The third-order valence-corrected chi connectivity index (χ3v) is 5.09. The van der Waals surface area contributed by atoms with Crippen LogP contribution in [0.25, 0.3) is 0 Å². The first-order valence-corrected chi connectivity index (χ1v) is 7.37. The van der Waals surface area contributed by atoms with E-state index < -0.39 is 29.9 Å². The first-order chi connectivity index (χ1) is 9.99. The molecule has 0 aromatic carbocycles. The maximum Gasteiger partial charge on any atom is 0.496 e. The Morgan fingerprint density at radius 1 is 1.05 bits per heavy atom. The highest BCUT2D eigenvalue weighted by Gasteiger charge is 2.65. The lowest BCUT2D eigenvalue weighted by Gasteiger charge is -2.32. The fourth-order valence-electron chi connectivity index (χ4n) is 2.62. The summed E-state index contributed by atoms with van der Waals surface area (Å²) in [5.74, 6) is 0. The zero-order valence-electron chi connectivity index (χ0n) is 13.1. The Bertz CT molecular complexity index is 563. The maximum absolute atomic E-state index is 13.1. The summed E-state index contributed by atoms with van der Waals surface area (Å²) in [4.78, 5) is 4.04. The molecule has 1 aliphatic carbocycles. The molecule has 2 fully saturated rings. The summed E-state index contributed by atoms with van der Waals surface area (Å²) < 4.78 is 51.0. The molecule has 1 aromatic rings. The Balaban J connectivity index is 1.82. The van der Waals surface area contributed by atoms with Crippen LogP contribution < -0.4 is 5.46 Å². The molecule has 1 aromatic heterocycles. The average molecular weight is 313 g/mol. The van der Waals surface area contributed by atoms with E-state index in [1.807, 2.05) is 27.7 Å². The normalized spacial score (nSPS) is 25.3. The van der Waals surface area contributed by atoms with E-state index in [1.165, 1.54) is 12.3 Å². The van der Waals surface area contributed by atoms with Crippen molar-refractivity contribution in [1.82, 2.24) is 4.98 Å². The third kappa shape index (κ3) is 2.26. The van der Waals surface area contributed by atoms with Gasteiger partial charge in [0.05, 0.1) is 16.9 Å². The molecule has 3 rings (SSSR count). The molecule has 1 aliphatic heterocycles. The van der Waals surface area contributed by atoms with Crippen LogP contribution in [0.15, 0.2) is 18.3 Å². The van der Waals surface area contributed by atoms with Gasteiger partial charge in [-0.3, -0.25) is 4.98 Å². The first kappa shape index (κ1) is 15.8. The molecular formula is C15H19BF3NO2. The van der Waals surface area contributed by atoms with Crippen LogP contribution in [-0.4, -0.2) is 29.5 Å². The van der Waals surface area contributed by atoms with E-state index in [9.17, 15) is 13.2 Å². The fraction of sp³-hybridized carbons (Fsp3) is 0.667. The molecule has 0 bridgehead atoms. The van der Waals surface area contributed by atoms with Gasteiger partial charge in [0.2, 0.25) is 0 Å². The number of nitrogens with zero attached hydrogens (tertiary/aromatic N) is 1. The molecule has 1 saturated carbocycles. The van der Waals surface area contributed by atoms with Gasteiger partial charge in [-0.15, -0.1) is 0 Å². The summed E-state index contributed by atoms with van der Waals surface area (Å²) >= 11 is 0. The highest BCUT2D eigenvalue weighted by molar-refractivity contribution is 6.62. The number of hydrogen-bond acceptors (Lipinski definition) is 3. The lowest BCUT2D eigenvalue weighted by Crippen LogP contribution is -2.41. The predicted octanol–water partition coefficient (Wildman–Crippen LogP) is 2.97. The van der Waals surface area contributed by atoms with Crippen LogP contribution in [0.4, 0.5) is 13.2 Å². The summed E-state index contributed by atoms with van der Waals surface area (Å²) in [5, 5.41) is 0. The van der Waals surface area contributed by atoms with E-state index in [0.717, 1.165) is 0 Å². The summed E-state index contributed by atoms with van der Waals surface area (Å²) in [6.45, 7) is 7.71. The Labute approximate surface area is 128 Å². The maximum atomic E-state index is 13.1. The van der Waals surface area contributed by atoms with Crippen molar-refractivity contribution in [2.24, 2.45) is 0 Å². The number of hydrogen-bond donors (Lipinski definition) is 0. The van der Waals surface area contributed by atoms with Crippen LogP contribution in [0, 0.1) is 0 Å². The van der Waals surface area contributed by atoms with Gasteiger partial charge in [0.1, 0.15) is 5.41 Å². The molecule has 0 radical (unpaired) electrons. The quantitative estimate of drug-likeness (QED) is 0.787. The van der Waals surface area contributed by atoms with E-state index in [-0.39, 0.29) is 18.5 Å². The van der Waals surface area contributed by atoms with Crippen molar-refractivity contribution < 1.29 is 22.5 Å². The van der Waals surface area contributed by atoms with Gasteiger partial charge < -0.3 is 9.31 Å². The van der Waals surface area contributed by atoms with E-state index in [1.54, 1.807) is 6.07 Å². The van der Waals surface area contributed by atoms with Crippen molar-refractivity contribution in [2.45, 2.75) is 63.3 Å². The summed E-state index contributed by atoms with van der Waals surface area (Å²) in [5.41, 5.74) is -2.00. The number of rotatable bonds is 2. The van der Waals surface area contributed by atoms with Crippen molar-refractivity contribution in [3.63, 3.8) is 0 Å². The summed E-state index contributed by atoms with van der Waals surface area (Å²) in [6.07, 6.45) is -2.59. The molecule has 2 aliphatic rings. The van der Waals surface area contributed by atoms with Gasteiger partial charge in [-0.2, -0.15) is 13.2 Å². The van der Waals surface area contributed by atoms with Gasteiger partial charge in [-0.25, -0.2) is 0 Å². The second-order valence-corrected chi connectivity index (χ2v) is 7.14. The number of pyridine rings is 1. The SMILES string of the molecule is CC1(C)OB(c2ccc(C3(C(F)(F)F)CC3)nc2)OC1(C)C. The minimum Gasteiger partial charge on any atom is -0.399 e. The van der Waals surface area contributed by atoms with Gasteiger partial charge in [-0.1, -0.05) is 6.07 Å². The Hall–Kier alpha value is -1.08. The Morgan fingerprint density at radius 3 is 1.95 bits per heavy atom. The lowest BCUT2D eigenvalue weighted by molar-refractivity contribution is -0.161. The zero-order chi connectivity index (χ0) is 16.4. The molecule has 7 heteroatoms. The molecule has 2 heterocycles. The predicted molar refractivity (Wildman–Crippen MR) is 76.9 cm³/mol. The van der Waals surface area contributed by atoms with Crippen molar-refractivity contribution in [3.05, 3.63) is 24.0 Å². The van der Waals surface area contributed by atoms with Crippen molar-refractivity contribution >= 4 is 12.6 Å². The number of halogens is 3. The van der Waals surface area contributed by atoms with Crippen molar-refractivity contribution in [3.8, 4) is 0 Å². The van der Waals surface area contributed by atoms with E-state index in [2.05, 4.69) is 4.98 Å². The van der Waals surface area contributed by atoms with Crippen LogP contribution in [-0.2, 0) is 14.7 Å². The smallest absolute Gasteiger partial charge is 0.399 e. The largest absolute Gasteiger partial charge is 0.496 e. The average Bonchev–Trinajstić information content (AvgIpc) is 3.14. The molecule has 0 spiro atoms. The van der Waals surface area contributed by atoms with Crippen LogP contribution in [0.1, 0.15) is 46.2 Å². The van der Waals surface area contributed by atoms with E-state index >= 15 is 0 Å². The highest BCUT2D eigenvalue weighted by atomic mass is 19.4. The van der Waals surface area contributed by atoms with Gasteiger partial charge in [0.25, 0.3) is 0 Å². The molecule has 0 N–H and O–H groups in total. The van der Waals surface area contributed by atoms with Gasteiger partial charge in [0, 0.05) is 11.7 Å². The van der Waals surface area contributed by atoms with Gasteiger partial charge >= 0.3 is 13.3 Å². The van der Waals surface area contributed by atoms with Crippen LogP contribution in [0.3, 0.4) is 0 Å². The topological polar surface area (TPSA) is 31.4 Å². The molecule has 3 nitrogen and oxygen atoms in total. The highest BCUT2D eigenvalue weighted by Crippen LogP contribution is 2.58. The lowest BCUT2D eigenvalue weighted by atomic mass is 9.80. The first-order valence-electron chi connectivity index (χ1n) is 7.37. The van der Waals surface area contributed by atoms with Crippen molar-refractivity contribution in [1.29, 1.82) is 0 Å². The van der Waals surface area contributed by atoms with E-state index in [4.69, 9.17) is 9.31 Å². The van der Waals surface area contributed by atoms with Crippen LogP contribution in [0.5, 0.6) is 0 Å². The minimum absolute atomic E-state index is 0.0836. The minimum atomic E-state index is -4.24.